The second kappa shape index (κ2) is 6.93. The highest BCUT2D eigenvalue weighted by molar-refractivity contribution is 5.97. The zero-order chi connectivity index (χ0) is 17.4. The van der Waals surface area contributed by atoms with Crippen molar-refractivity contribution in [3.8, 4) is 0 Å². The predicted octanol–water partition coefficient (Wildman–Crippen LogP) is 3.04. The molecule has 0 saturated carbocycles. The van der Waals surface area contributed by atoms with Crippen LogP contribution in [0.3, 0.4) is 0 Å². The molecule has 0 unspecified atom stereocenters. The summed E-state index contributed by atoms with van der Waals surface area (Å²) in [5, 5.41) is 1.29. The second-order valence-electron chi connectivity index (χ2n) is 7.73. The fourth-order valence-electron chi connectivity index (χ4n) is 4.49. The van der Waals surface area contributed by atoms with E-state index < -0.39 is 0 Å². The normalized spacial score (nSPS) is 22.2. The van der Waals surface area contributed by atoms with Crippen LogP contribution < -0.4 is 0 Å². The molecule has 1 saturated heterocycles. The first-order valence-electron chi connectivity index (χ1n) is 9.76. The average Bonchev–Trinajstić information content (AvgIpc) is 2.96. The minimum absolute atomic E-state index is 0.247. The first-order chi connectivity index (χ1) is 12.2. The molecule has 0 amide bonds. The van der Waals surface area contributed by atoms with Crippen LogP contribution in [0.25, 0.3) is 10.9 Å². The lowest BCUT2D eigenvalue weighted by Crippen LogP contribution is -2.48. The lowest BCUT2D eigenvalue weighted by Gasteiger charge is -2.33. The van der Waals surface area contributed by atoms with E-state index in [9.17, 15) is 4.79 Å². The van der Waals surface area contributed by atoms with E-state index in [0.29, 0.717) is 12.5 Å². The molecule has 134 valence electrons. The summed E-state index contributed by atoms with van der Waals surface area (Å²) in [6.45, 7) is 10.3. The molecule has 2 aromatic rings. The van der Waals surface area contributed by atoms with E-state index in [0.717, 1.165) is 51.1 Å². The molecule has 1 aliphatic carbocycles. The van der Waals surface area contributed by atoms with Crippen molar-refractivity contribution in [1.29, 1.82) is 0 Å². The number of piperazine rings is 1. The number of carbonyl (C=O) groups excluding carboxylic acids is 1. The molecule has 2 aliphatic rings. The Labute approximate surface area is 150 Å². The van der Waals surface area contributed by atoms with Gasteiger partial charge in [-0.15, -0.1) is 0 Å². The summed E-state index contributed by atoms with van der Waals surface area (Å²) in [6, 6.07) is 8.46. The zero-order valence-electron chi connectivity index (χ0n) is 15.5. The molecule has 1 aromatic heterocycles. The molecule has 0 bridgehead atoms. The number of benzene rings is 1. The number of hydrogen-bond donors (Lipinski definition) is 0. The van der Waals surface area contributed by atoms with Crippen molar-refractivity contribution in [2.45, 2.75) is 33.1 Å². The van der Waals surface area contributed by atoms with Gasteiger partial charge in [0, 0.05) is 37.3 Å². The summed E-state index contributed by atoms with van der Waals surface area (Å²) in [4.78, 5) is 18.0. The van der Waals surface area contributed by atoms with Crippen LogP contribution in [0.1, 0.15) is 36.3 Å². The van der Waals surface area contributed by atoms with Gasteiger partial charge in [-0.1, -0.05) is 32.0 Å². The summed E-state index contributed by atoms with van der Waals surface area (Å²) in [5.41, 5.74) is 3.80. The topological polar surface area (TPSA) is 28.5 Å². The molecule has 1 aromatic carbocycles. The van der Waals surface area contributed by atoms with Crippen molar-refractivity contribution in [3.63, 3.8) is 0 Å². The molecular formula is C21H29N3O. The smallest absolute Gasteiger partial charge is 0.245 e. The highest BCUT2D eigenvalue weighted by Gasteiger charge is 2.27. The van der Waals surface area contributed by atoms with Crippen molar-refractivity contribution in [3.05, 3.63) is 35.5 Å². The van der Waals surface area contributed by atoms with Crippen molar-refractivity contribution >= 4 is 16.8 Å². The van der Waals surface area contributed by atoms with Gasteiger partial charge in [0.1, 0.15) is 0 Å². The number of rotatable bonds is 3. The van der Waals surface area contributed by atoms with E-state index in [-0.39, 0.29) is 5.91 Å². The number of fused-ring (bicyclic) bond motifs is 3. The van der Waals surface area contributed by atoms with E-state index in [1.165, 1.54) is 23.1 Å². The molecule has 0 N–H and O–H groups in total. The van der Waals surface area contributed by atoms with Gasteiger partial charge in [-0.2, -0.15) is 0 Å². The molecule has 4 rings (SSSR count). The first kappa shape index (κ1) is 16.8. The largest absolute Gasteiger partial charge is 0.301 e. The molecule has 1 aliphatic heterocycles. The van der Waals surface area contributed by atoms with Crippen LogP contribution in [0, 0.1) is 5.92 Å². The molecular weight excluding hydrogens is 310 g/mol. The van der Waals surface area contributed by atoms with E-state index in [2.05, 4.69) is 47.9 Å². The van der Waals surface area contributed by atoms with E-state index in [1.54, 1.807) is 0 Å². The minimum atomic E-state index is 0.247. The van der Waals surface area contributed by atoms with Gasteiger partial charge in [0.25, 0.3) is 0 Å². The molecule has 4 heteroatoms. The maximum atomic E-state index is 13.2. The van der Waals surface area contributed by atoms with Crippen LogP contribution in [-0.4, -0.2) is 59.5 Å². The first-order valence-corrected chi connectivity index (χ1v) is 9.76. The Balaban J connectivity index is 1.62. The number of nitrogens with zero attached hydrogens (tertiary/aromatic N) is 3. The standard InChI is InChI=1S/C21H29N3O/c1-3-22-10-12-23(13-11-22)15-21(25)24-19-7-5-4-6-17(19)18-14-16(2)8-9-20(18)24/h4-7,16H,3,8-15H2,1-2H3/t16-/m1/s1. The van der Waals surface area contributed by atoms with Gasteiger partial charge < -0.3 is 4.90 Å². The van der Waals surface area contributed by atoms with Gasteiger partial charge >= 0.3 is 0 Å². The van der Waals surface area contributed by atoms with Gasteiger partial charge in [0.2, 0.25) is 5.91 Å². The van der Waals surface area contributed by atoms with Crippen LogP contribution in [0.2, 0.25) is 0 Å². The SMILES string of the molecule is CCN1CCN(CC(=O)n2c3c(c4ccccc42)C[C@H](C)CC3)CC1. The Morgan fingerprint density at radius 2 is 1.84 bits per heavy atom. The van der Waals surface area contributed by atoms with Crippen molar-refractivity contribution < 1.29 is 4.79 Å². The van der Waals surface area contributed by atoms with Crippen LogP contribution in [0.15, 0.2) is 24.3 Å². The third-order valence-electron chi connectivity index (χ3n) is 6.04. The maximum Gasteiger partial charge on any atom is 0.245 e. The number of hydrogen-bond acceptors (Lipinski definition) is 3. The summed E-state index contributed by atoms with van der Waals surface area (Å²) >= 11 is 0. The number of aromatic nitrogens is 1. The molecule has 1 fully saturated rings. The molecule has 25 heavy (non-hydrogen) atoms. The molecule has 0 spiro atoms. The quantitative estimate of drug-likeness (QED) is 0.860. The summed E-state index contributed by atoms with van der Waals surface area (Å²) in [5.74, 6) is 0.959. The molecule has 4 nitrogen and oxygen atoms in total. The average molecular weight is 339 g/mol. The van der Waals surface area contributed by atoms with Gasteiger partial charge in [-0.25, -0.2) is 0 Å². The van der Waals surface area contributed by atoms with Gasteiger partial charge in [-0.3, -0.25) is 14.3 Å². The van der Waals surface area contributed by atoms with Gasteiger partial charge in [0.15, 0.2) is 0 Å². The lowest BCUT2D eigenvalue weighted by molar-refractivity contribution is 0.0782. The predicted molar refractivity (Wildman–Crippen MR) is 102 cm³/mol. The van der Waals surface area contributed by atoms with Crippen LogP contribution in [0.4, 0.5) is 0 Å². The fraction of sp³-hybridized carbons (Fsp3) is 0.571. The number of para-hydroxylation sites is 1. The van der Waals surface area contributed by atoms with E-state index in [4.69, 9.17) is 0 Å². The lowest BCUT2D eigenvalue weighted by atomic mass is 9.88. The monoisotopic (exact) mass is 339 g/mol. The van der Waals surface area contributed by atoms with E-state index >= 15 is 0 Å². The summed E-state index contributed by atoms with van der Waals surface area (Å²) in [7, 11) is 0. The number of carbonyl (C=O) groups is 1. The highest BCUT2D eigenvalue weighted by Crippen LogP contribution is 2.34. The molecule has 2 heterocycles. The van der Waals surface area contributed by atoms with E-state index in [1.807, 2.05) is 4.57 Å². The Hall–Kier alpha value is -1.65. The van der Waals surface area contributed by atoms with Crippen LogP contribution >= 0.6 is 0 Å². The zero-order valence-corrected chi connectivity index (χ0v) is 15.5. The molecule has 1 atom stereocenters. The summed E-state index contributed by atoms with van der Waals surface area (Å²) < 4.78 is 2.04. The Kier molecular flexibility index (Phi) is 4.65. The summed E-state index contributed by atoms with van der Waals surface area (Å²) in [6.07, 6.45) is 3.32. The Bertz CT molecular complexity index is 771. The Morgan fingerprint density at radius 1 is 1.12 bits per heavy atom. The van der Waals surface area contributed by atoms with Crippen molar-refractivity contribution in [2.24, 2.45) is 5.92 Å². The second-order valence-corrected chi connectivity index (χ2v) is 7.73. The highest BCUT2D eigenvalue weighted by atomic mass is 16.2. The number of likely N-dealkylation sites (N-methyl/N-ethyl adjacent to an activating group) is 1. The fourth-order valence-corrected chi connectivity index (χ4v) is 4.49. The molecule has 0 radical (unpaired) electrons. The van der Waals surface area contributed by atoms with Crippen molar-refractivity contribution in [2.75, 3.05) is 39.3 Å². The third-order valence-corrected chi connectivity index (χ3v) is 6.04. The van der Waals surface area contributed by atoms with Gasteiger partial charge in [0.05, 0.1) is 12.1 Å². The van der Waals surface area contributed by atoms with Gasteiger partial charge in [-0.05, 0) is 43.4 Å². The minimum Gasteiger partial charge on any atom is -0.301 e. The van der Waals surface area contributed by atoms with Crippen LogP contribution in [0.5, 0.6) is 0 Å². The Morgan fingerprint density at radius 3 is 2.60 bits per heavy atom. The van der Waals surface area contributed by atoms with Crippen LogP contribution in [-0.2, 0) is 12.8 Å². The third kappa shape index (κ3) is 3.13. The maximum absolute atomic E-state index is 13.2. The van der Waals surface area contributed by atoms with Crippen molar-refractivity contribution in [1.82, 2.24) is 14.4 Å².